The number of carbonyl (C=O) groups excluding carboxylic acids is 1. The van der Waals surface area contributed by atoms with Crippen molar-refractivity contribution in [2.75, 3.05) is 12.9 Å². The summed E-state index contributed by atoms with van der Waals surface area (Å²) in [6.45, 7) is 8.46. The average Bonchev–Trinajstić information content (AvgIpc) is 2.69. The van der Waals surface area contributed by atoms with Crippen LogP contribution in [-0.2, 0) is 9.53 Å². The van der Waals surface area contributed by atoms with Crippen molar-refractivity contribution in [2.24, 2.45) is 5.73 Å². The molecule has 1 aromatic carbocycles. The number of pyridine rings is 1. The fourth-order valence-corrected chi connectivity index (χ4v) is 5.43. The SMILES string of the molecule is CCCCC(C(N)=O)[n+]1ccc(C)c2cc(OC)cc([C@H]3SCC(C)O[C@H]3C)c21. The molecule has 3 rings (SSSR count). The van der Waals surface area contributed by atoms with Crippen molar-refractivity contribution < 1.29 is 18.8 Å². The molecule has 5 nitrogen and oxygen atoms in total. The van der Waals surface area contributed by atoms with Crippen molar-refractivity contribution in [1.29, 1.82) is 0 Å². The fraction of sp³-hybridized carbons (Fsp3) is 0.565. The van der Waals surface area contributed by atoms with E-state index in [0.717, 1.165) is 52.8 Å². The Balaban J connectivity index is 2.25. The van der Waals surface area contributed by atoms with Crippen molar-refractivity contribution in [3.05, 3.63) is 35.5 Å². The molecule has 0 aliphatic carbocycles. The van der Waals surface area contributed by atoms with Crippen LogP contribution >= 0.6 is 11.8 Å². The Labute approximate surface area is 177 Å². The number of ether oxygens (including phenoxy) is 2. The molecule has 2 aromatic rings. The summed E-state index contributed by atoms with van der Waals surface area (Å²) in [5.41, 5.74) is 9.22. The van der Waals surface area contributed by atoms with Crippen LogP contribution in [0.3, 0.4) is 0 Å². The number of hydrogen-bond donors (Lipinski definition) is 1. The third-order valence-corrected chi connectivity index (χ3v) is 7.36. The quantitative estimate of drug-likeness (QED) is 0.684. The maximum Gasteiger partial charge on any atom is 0.286 e. The van der Waals surface area contributed by atoms with Crippen molar-refractivity contribution in [3.63, 3.8) is 0 Å². The van der Waals surface area contributed by atoms with Crippen LogP contribution in [0, 0.1) is 6.92 Å². The van der Waals surface area contributed by atoms with Gasteiger partial charge in [0, 0.05) is 23.8 Å². The minimum absolute atomic E-state index is 0.0655. The van der Waals surface area contributed by atoms with Crippen LogP contribution in [0.5, 0.6) is 5.75 Å². The molecule has 1 aromatic heterocycles. The predicted molar refractivity (Wildman–Crippen MR) is 118 cm³/mol. The van der Waals surface area contributed by atoms with Crippen LogP contribution < -0.4 is 15.0 Å². The topological polar surface area (TPSA) is 65.4 Å². The molecule has 1 fully saturated rings. The first-order chi connectivity index (χ1) is 13.9. The normalized spacial score (nSPS) is 23.1. The number of nitrogens with two attached hydrogens (primary N) is 1. The zero-order valence-electron chi connectivity index (χ0n) is 18.1. The van der Waals surface area contributed by atoms with Gasteiger partial charge in [-0.1, -0.05) is 13.3 Å². The molecular weight excluding hydrogens is 384 g/mol. The standard InChI is InChI=1S/C23H32N2O3S/c1-6-7-8-20(23(24)26)25-10-9-14(2)18-11-17(27-5)12-19(21(18)25)22-16(4)28-15(3)13-29-22/h9-12,15-16,20,22H,6-8,13H2,1-5H3,(H-,24,26)/p+1/t15?,16-,20?,22-/m0/s1. The first-order valence-corrected chi connectivity index (χ1v) is 11.5. The lowest BCUT2D eigenvalue weighted by molar-refractivity contribution is -0.685. The number of unbranched alkanes of at least 4 members (excludes halogenated alkanes) is 1. The maximum atomic E-state index is 12.4. The Kier molecular flexibility index (Phi) is 7.06. The van der Waals surface area contributed by atoms with Gasteiger partial charge >= 0.3 is 0 Å². The highest BCUT2D eigenvalue weighted by molar-refractivity contribution is 7.99. The van der Waals surface area contributed by atoms with Gasteiger partial charge in [-0.2, -0.15) is 4.57 Å². The monoisotopic (exact) mass is 417 g/mol. The lowest BCUT2D eigenvalue weighted by atomic mass is 9.98. The molecule has 158 valence electrons. The summed E-state index contributed by atoms with van der Waals surface area (Å²) in [6, 6.07) is 5.85. The zero-order chi connectivity index (χ0) is 21.1. The number of rotatable bonds is 7. The molecule has 1 amide bonds. The molecule has 4 atom stereocenters. The molecule has 29 heavy (non-hydrogen) atoms. The van der Waals surface area contributed by atoms with Crippen molar-refractivity contribution in [2.45, 2.75) is 70.5 Å². The molecule has 1 saturated heterocycles. The summed E-state index contributed by atoms with van der Waals surface area (Å²) in [6.07, 6.45) is 5.03. The van der Waals surface area contributed by atoms with Crippen LogP contribution in [0.1, 0.15) is 62.5 Å². The van der Waals surface area contributed by atoms with Gasteiger partial charge in [0.15, 0.2) is 6.20 Å². The molecule has 0 bridgehead atoms. The van der Waals surface area contributed by atoms with E-state index in [1.54, 1.807) is 7.11 Å². The van der Waals surface area contributed by atoms with Crippen LogP contribution in [0.15, 0.2) is 24.4 Å². The molecular formula is C23H33N2O3S+. The highest BCUT2D eigenvalue weighted by Crippen LogP contribution is 2.43. The average molecular weight is 418 g/mol. The van der Waals surface area contributed by atoms with Crippen molar-refractivity contribution in [1.82, 2.24) is 0 Å². The Morgan fingerprint density at radius 2 is 2.17 bits per heavy atom. The second kappa shape index (κ2) is 9.35. The summed E-state index contributed by atoms with van der Waals surface area (Å²) < 4.78 is 13.9. The number of primary amides is 1. The van der Waals surface area contributed by atoms with E-state index in [4.69, 9.17) is 15.2 Å². The third-order valence-electron chi connectivity index (χ3n) is 5.70. The van der Waals surface area contributed by atoms with Gasteiger partial charge in [-0.25, -0.2) is 0 Å². The number of benzene rings is 1. The van der Waals surface area contributed by atoms with E-state index in [9.17, 15) is 4.79 Å². The van der Waals surface area contributed by atoms with Gasteiger partial charge in [-0.3, -0.25) is 4.79 Å². The van der Waals surface area contributed by atoms with Gasteiger partial charge in [0.2, 0.25) is 11.6 Å². The summed E-state index contributed by atoms with van der Waals surface area (Å²) in [4.78, 5) is 12.4. The number of fused-ring (bicyclic) bond motifs is 1. The molecule has 2 heterocycles. The highest BCUT2D eigenvalue weighted by Gasteiger charge is 2.35. The van der Waals surface area contributed by atoms with Gasteiger partial charge in [0.05, 0.1) is 30.0 Å². The number of amides is 1. The first kappa shape index (κ1) is 21.9. The zero-order valence-corrected chi connectivity index (χ0v) is 18.9. The smallest absolute Gasteiger partial charge is 0.286 e. The van der Waals surface area contributed by atoms with Crippen LogP contribution in [0.4, 0.5) is 0 Å². The molecule has 6 heteroatoms. The first-order valence-electron chi connectivity index (χ1n) is 10.5. The molecule has 0 radical (unpaired) electrons. The fourth-order valence-electron chi connectivity index (χ4n) is 4.18. The van der Waals surface area contributed by atoms with Crippen LogP contribution in [0.25, 0.3) is 10.9 Å². The Morgan fingerprint density at radius 3 is 2.79 bits per heavy atom. The van der Waals surface area contributed by atoms with Gasteiger partial charge < -0.3 is 15.2 Å². The molecule has 1 aliphatic heterocycles. The van der Waals surface area contributed by atoms with Gasteiger partial charge in [-0.15, -0.1) is 11.8 Å². The van der Waals surface area contributed by atoms with Crippen LogP contribution in [-0.4, -0.2) is 31.0 Å². The molecule has 2 N–H and O–H groups in total. The number of methoxy groups -OCH3 is 1. The van der Waals surface area contributed by atoms with Gasteiger partial charge in [0.25, 0.3) is 5.91 Å². The summed E-state index contributed by atoms with van der Waals surface area (Å²) in [5.74, 6) is 1.47. The lowest BCUT2D eigenvalue weighted by Crippen LogP contribution is -2.48. The van der Waals surface area contributed by atoms with Crippen LogP contribution in [0.2, 0.25) is 0 Å². The number of hydrogen-bond acceptors (Lipinski definition) is 4. The Bertz CT molecular complexity index is 886. The second-order valence-electron chi connectivity index (χ2n) is 7.98. The Morgan fingerprint density at radius 1 is 1.41 bits per heavy atom. The molecule has 0 spiro atoms. The minimum Gasteiger partial charge on any atom is -0.497 e. The third kappa shape index (κ3) is 4.53. The van der Waals surface area contributed by atoms with E-state index in [-0.39, 0.29) is 29.4 Å². The van der Waals surface area contributed by atoms with Gasteiger partial charge in [0.1, 0.15) is 5.75 Å². The lowest BCUT2D eigenvalue weighted by Gasteiger charge is -2.33. The second-order valence-corrected chi connectivity index (χ2v) is 9.16. The van der Waals surface area contributed by atoms with E-state index >= 15 is 0 Å². The number of nitrogens with zero attached hydrogens (tertiary/aromatic N) is 1. The van der Waals surface area contributed by atoms with E-state index in [0.29, 0.717) is 0 Å². The highest BCUT2D eigenvalue weighted by atomic mass is 32.2. The van der Waals surface area contributed by atoms with E-state index in [1.165, 1.54) is 0 Å². The summed E-state index contributed by atoms with van der Waals surface area (Å²) >= 11 is 1.91. The maximum absolute atomic E-state index is 12.4. The number of carbonyl (C=O) groups is 1. The molecule has 0 saturated carbocycles. The molecule has 2 unspecified atom stereocenters. The number of thioether (sulfide) groups is 1. The van der Waals surface area contributed by atoms with E-state index < -0.39 is 0 Å². The van der Waals surface area contributed by atoms with E-state index in [1.807, 2.05) is 18.0 Å². The van der Waals surface area contributed by atoms with E-state index in [2.05, 4.69) is 50.5 Å². The summed E-state index contributed by atoms with van der Waals surface area (Å²) in [5, 5.41) is 1.26. The number of aromatic nitrogens is 1. The Hall–Kier alpha value is -1.79. The molecule has 1 aliphatic rings. The minimum atomic E-state index is -0.367. The van der Waals surface area contributed by atoms with Crippen molar-refractivity contribution in [3.8, 4) is 5.75 Å². The van der Waals surface area contributed by atoms with Gasteiger partial charge in [-0.05, 0) is 44.9 Å². The summed E-state index contributed by atoms with van der Waals surface area (Å²) in [7, 11) is 1.70. The predicted octanol–water partition coefficient (Wildman–Crippen LogP) is 4.24. The largest absolute Gasteiger partial charge is 0.497 e. The van der Waals surface area contributed by atoms with Crippen molar-refractivity contribution >= 4 is 28.6 Å². The number of aryl methyl sites for hydroxylation is 1.